The molecule has 0 aliphatic heterocycles. The molecule has 0 unspecified atom stereocenters. The monoisotopic (exact) mass is 268 g/mol. The number of anilines is 1. The molecule has 1 aromatic heterocycles. The molecule has 0 bridgehead atoms. The average molecular weight is 268 g/mol. The average Bonchev–Trinajstić information content (AvgIpc) is 2.87. The second-order valence-corrected chi connectivity index (χ2v) is 5.66. The van der Waals surface area contributed by atoms with Gasteiger partial charge in [0.2, 0.25) is 0 Å². The number of thiazole rings is 1. The number of nitrogens with one attached hydrogen (secondary N) is 1. The van der Waals surface area contributed by atoms with E-state index in [1.807, 2.05) is 0 Å². The molecule has 0 saturated heterocycles. The maximum Gasteiger partial charge on any atom is 0.357 e. The van der Waals surface area contributed by atoms with Crippen LogP contribution in [0.4, 0.5) is 5.13 Å². The summed E-state index contributed by atoms with van der Waals surface area (Å²) in [6, 6.07) is 0.504. The summed E-state index contributed by atoms with van der Waals surface area (Å²) in [6.07, 6.45) is 6.28. The zero-order valence-corrected chi connectivity index (χ0v) is 11.8. The highest BCUT2D eigenvalue weighted by Gasteiger charge is 2.21. The van der Waals surface area contributed by atoms with Gasteiger partial charge in [0.25, 0.3) is 0 Å². The first-order chi connectivity index (χ1) is 8.72. The van der Waals surface area contributed by atoms with Crippen molar-refractivity contribution in [1.29, 1.82) is 0 Å². The van der Waals surface area contributed by atoms with Crippen molar-refractivity contribution in [3.05, 3.63) is 11.1 Å². The summed E-state index contributed by atoms with van der Waals surface area (Å²) >= 11 is 1.47. The standard InChI is InChI=1S/C13H20N2O2S/c1-3-9-4-6-10(7-5-9)14-13-15-11(8-18-13)12(16)17-2/h8-10H,3-7H2,1-2H3,(H,14,15). The minimum atomic E-state index is -0.367. The Morgan fingerprint density at radius 3 is 2.83 bits per heavy atom. The number of methoxy groups -OCH3 is 1. The van der Waals surface area contributed by atoms with E-state index in [0.717, 1.165) is 11.0 Å². The SMILES string of the molecule is CCC1CCC(Nc2nc(C(=O)OC)cs2)CC1. The number of aromatic nitrogens is 1. The fourth-order valence-electron chi connectivity index (χ4n) is 2.43. The van der Waals surface area contributed by atoms with E-state index in [9.17, 15) is 4.79 Å². The molecule has 0 spiro atoms. The van der Waals surface area contributed by atoms with Crippen LogP contribution in [0.5, 0.6) is 0 Å². The van der Waals surface area contributed by atoms with E-state index < -0.39 is 0 Å². The Morgan fingerprint density at radius 1 is 1.50 bits per heavy atom. The third-order valence-electron chi connectivity index (χ3n) is 3.65. The number of hydrogen-bond donors (Lipinski definition) is 1. The highest BCUT2D eigenvalue weighted by Crippen LogP contribution is 2.29. The van der Waals surface area contributed by atoms with Crippen LogP contribution < -0.4 is 5.32 Å². The summed E-state index contributed by atoms with van der Waals surface area (Å²) in [5.41, 5.74) is 0.396. The Labute approximate surface area is 112 Å². The largest absolute Gasteiger partial charge is 0.464 e. The Balaban J connectivity index is 1.86. The van der Waals surface area contributed by atoms with Crippen molar-refractivity contribution in [1.82, 2.24) is 4.98 Å². The molecule has 0 radical (unpaired) electrons. The normalized spacial score (nSPS) is 23.7. The van der Waals surface area contributed by atoms with Crippen LogP contribution in [-0.4, -0.2) is 24.1 Å². The molecule has 0 aromatic carbocycles. The lowest BCUT2D eigenvalue weighted by atomic mass is 9.85. The first-order valence-electron chi connectivity index (χ1n) is 6.53. The highest BCUT2D eigenvalue weighted by atomic mass is 32.1. The number of carbonyl (C=O) groups is 1. The quantitative estimate of drug-likeness (QED) is 0.851. The fourth-order valence-corrected chi connectivity index (χ4v) is 3.19. The molecule has 1 saturated carbocycles. The molecule has 0 amide bonds. The predicted octanol–water partition coefficient (Wildman–Crippen LogP) is 3.31. The van der Waals surface area contributed by atoms with Gasteiger partial charge in [0, 0.05) is 11.4 Å². The number of ether oxygens (including phenoxy) is 1. The maximum atomic E-state index is 11.3. The van der Waals surface area contributed by atoms with Gasteiger partial charge in [-0.1, -0.05) is 13.3 Å². The summed E-state index contributed by atoms with van der Waals surface area (Å²) in [5.74, 6) is 0.527. The molecule has 1 heterocycles. The third-order valence-corrected chi connectivity index (χ3v) is 4.42. The highest BCUT2D eigenvalue weighted by molar-refractivity contribution is 7.13. The molecular formula is C13H20N2O2S. The van der Waals surface area contributed by atoms with Gasteiger partial charge in [-0.05, 0) is 31.6 Å². The molecular weight excluding hydrogens is 248 g/mol. The minimum absolute atomic E-state index is 0.367. The van der Waals surface area contributed by atoms with Crippen molar-refractivity contribution in [2.24, 2.45) is 5.92 Å². The number of esters is 1. The molecule has 1 N–H and O–H groups in total. The van der Waals surface area contributed by atoms with Crippen LogP contribution in [0.15, 0.2) is 5.38 Å². The van der Waals surface area contributed by atoms with E-state index in [4.69, 9.17) is 0 Å². The molecule has 1 aliphatic rings. The van der Waals surface area contributed by atoms with Gasteiger partial charge in [-0.2, -0.15) is 0 Å². The van der Waals surface area contributed by atoms with E-state index in [2.05, 4.69) is 22.0 Å². The van der Waals surface area contributed by atoms with E-state index in [1.54, 1.807) is 5.38 Å². The lowest BCUT2D eigenvalue weighted by molar-refractivity contribution is 0.0595. The van der Waals surface area contributed by atoms with Gasteiger partial charge in [-0.15, -0.1) is 11.3 Å². The Kier molecular flexibility index (Phi) is 4.58. The van der Waals surface area contributed by atoms with Crippen molar-refractivity contribution in [3.8, 4) is 0 Å². The number of carbonyl (C=O) groups excluding carboxylic acids is 1. The van der Waals surface area contributed by atoms with Gasteiger partial charge < -0.3 is 10.1 Å². The van der Waals surface area contributed by atoms with Crippen molar-refractivity contribution >= 4 is 22.4 Å². The van der Waals surface area contributed by atoms with Gasteiger partial charge in [0.15, 0.2) is 10.8 Å². The van der Waals surface area contributed by atoms with E-state index in [0.29, 0.717) is 11.7 Å². The van der Waals surface area contributed by atoms with Crippen molar-refractivity contribution in [2.75, 3.05) is 12.4 Å². The van der Waals surface area contributed by atoms with E-state index >= 15 is 0 Å². The van der Waals surface area contributed by atoms with Gasteiger partial charge in [-0.3, -0.25) is 0 Å². The molecule has 5 heteroatoms. The summed E-state index contributed by atoms with van der Waals surface area (Å²) in [7, 11) is 1.38. The molecule has 2 rings (SSSR count). The maximum absolute atomic E-state index is 11.3. The van der Waals surface area contributed by atoms with E-state index in [-0.39, 0.29) is 5.97 Å². The molecule has 1 aromatic rings. The summed E-state index contributed by atoms with van der Waals surface area (Å²) in [6.45, 7) is 2.27. The van der Waals surface area contributed by atoms with Crippen molar-refractivity contribution in [2.45, 2.75) is 45.1 Å². The van der Waals surface area contributed by atoms with Crippen LogP contribution in [0, 0.1) is 5.92 Å². The minimum Gasteiger partial charge on any atom is -0.464 e. The molecule has 1 fully saturated rings. The second kappa shape index (κ2) is 6.18. The van der Waals surface area contributed by atoms with Crippen LogP contribution >= 0.6 is 11.3 Å². The van der Waals surface area contributed by atoms with Gasteiger partial charge in [0.05, 0.1) is 7.11 Å². The van der Waals surface area contributed by atoms with Crippen LogP contribution in [0.3, 0.4) is 0 Å². The summed E-state index contributed by atoms with van der Waals surface area (Å²) in [4.78, 5) is 15.5. The topological polar surface area (TPSA) is 51.2 Å². The second-order valence-electron chi connectivity index (χ2n) is 4.80. The zero-order valence-electron chi connectivity index (χ0n) is 10.9. The van der Waals surface area contributed by atoms with Gasteiger partial charge in [-0.25, -0.2) is 9.78 Å². The molecule has 1 aliphatic carbocycles. The van der Waals surface area contributed by atoms with Crippen molar-refractivity contribution in [3.63, 3.8) is 0 Å². The Bertz CT molecular complexity index is 397. The van der Waals surface area contributed by atoms with Gasteiger partial charge >= 0.3 is 5.97 Å². The molecule has 4 nitrogen and oxygen atoms in total. The fraction of sp³-hybridized carbons (Fsp3) is 0.692. The lowest BCUT2D eigenvalue weighted by Gasteiger charge is -2.28. The summed E-state index contributed by atoms with van der Waals surface area (Å²) in [5, 5.41) is 6.00. The molecule has 18 heavy (non-hydrogen) atoms. The lowest BCUT2D eigenvalue weighted by Crippen LogP contribution is -2.25. The molecule has 100 valence electrons. The Morgan fingerprint density at radius 2 is 2.22 bits per heavy atom. The smallest absolute Gasteiger partial charge is 0.357 e. The van der Waals surface area contributed by atoms with Crippen LogP contribution in [0.2, 0.25) is 0 Å². The molecule has 0 atom stereocenters. The number of hydrogen-bond acceptors (Lipinski definition) is 5. The predicted molar refractivity (Wildman–Crippen MR) is 73.1 cm³/mol. The Hall–Kier alpha value is -1.10. The zero-order chi connectivity index (χ0) is 13.0. The first-order valence-corrected chi connectivity index (χ1v) is 7.41. The van der Waals surface area contributed by atoms with Crippen molar-refractivity contribution < 1.29 is 9.53 Å². The van der Waals surface area contributed by atoms with E-state index in [1.165, 1.54) is 50.6 Å². The van der Waals surface area contributed by atoms with Crippen LogP contribution in [0.25, 0.3) is 0 Å². The number of nitrogens with zero attached hydrogens (tertiary/aromatic N) is 1. The van der Waals surface area contributed by atoms with Gasteiger partial charge in [0.1, 0.15) is 0 Å². The first kappa shape index (κ1) is 13.3. The third kappa shape index (κ3) is 3.22. The van der Waals surface area contributed by atoms with Crippen LogP contribution in [0.1, 0.15) is 49.5 Å². The number of rotatable bonds is 4. The van der Waals surface area contributed by atoms with Crippen LogP contribution in [-0.2, 0) is 4.74 Å². The summed E-state index contributed by atoms with van der Waals surface area (Å²) < 4.78 is 4.65.